The molecule has 3 rings (SSSR count). The van der Waals surface area contributed by atoms with Gasteiger partial charge >= 0.3 is 12.4 Å². The maximum Gasteiger partial charge on any atom is 0.416 e. The standard InChI is InChI=1S/C16H10F6N2S/c17-15(18,19)10-5-9(6-11(7-10)16(20,21)22)8-25-14-23-12-3-1-2-4-13(12)24-14/h1-7H,8H2,(H,23,24). The van der Waals surface area contributed by atoms with Gasteiger partial charge in [0.1, 0.15) is 0 Å². The predicted molar refractivity (Wildman–Crippen MR) is 82.1 cm³/mol. The maximum atomic E-state index is 12.8. The zero-order valence-corrected chi connectivity index (χ0v) is 13.2. The first-order valence-electron chi connectivity index (χ1n) is 6.99. The van der Waals surface area contributed by atoms with Gasteiger partial charge in [-0.3, -0.25) is 0 Å². The smallest absolute Gasteiger partial charge is 0.333 e. The number of para-hydroxylation sites is 2. The van der Waals surface area contributed by atoms with Crippen LogP contribution in [-0.4, -0.2) is 9.97 Å². The van der Waals surface area contributed by atoms with E-state index < -0.39 is 23.5 Å². The Labute approximate surface area is 142 Å². The van der Waals surface area contributed by atoms with Gasteiger partial charge in [-0.1, -0.05) is 23.9 Å². The van der Waals surface area contributed by atoms with Crippen molar-refractivity contribution in [2.45, 2.75) is 23.3 Å². The summed E-state index contributed by atoms with van der Waals surface area (Å²) < 4.78 is 77.1. The van der Waals surface area contributed by atoms with Crippen molar-refractivity contribution in [1.82, 2.24) is 9.97 Å². The number of alkyl halides is 6. The molecule has 0 saturated heterocycles. The minimum Gasteiger partial charge on any atom is -0.333 e. The van der Waals surface area contributed by atoms with E-state index in [1.165, 1.54) is 0 Å². The number of benzene rings is 2. The number of thioether (sulfide) groups is 1. The van der Waals surface area contributed by atoms with Crippen LogP contribution in [0, 0.1) is 0 Å². The second-order valence-corrected chi connectivity index (χ2v) is 6.23. The van der Waals surface area contributed by atoms with Crippen molar-refractivity contribution in [1.29, 1.82) is 0 Å². The van der Waals surface area contributed by atoms with Gasteiger partial charge in [0, 0.05) is 5.75 Å². The second kappa shape index (κ2) is 6.29. The molecule has 0 spiro atoms. The molecule has 3 aromatic rings. The van der Waals surface area contributed by atoms with Crippen molar-refractivity contribution >= 4 is 22.8 Å². The van der Waals surface area contributed by atoms with Gasteiger partial charge in [0.2, 0.25) is 0 Å². The summed E-state index contributed by atoms with van der Waals surface area (Å²) in [5.74, 6) is -0.0766. The average Bonchev–Trinajstić information content (AvgIpc) is 2.94. The first kappa shape index (κ1) is 17.7. The fourth-order valence-electron chi connectivity index (χ4n) is 2.25. The Bertz CT molecular complexity index is 832. The molecule has 132 valence electrons. The lowest BCUT2D eigenvalue weighted by Crippen LogP contribution is -2.11. The van der Waals surface area contributed by atoms with Crippen LogP contribution in [0.4, 0.5) is 26.3 Å². The number of fused-ring (bicyclic) bond motifs is 1. The molecule has 0 unspecified atom stereocenters. The Morgan fingerprint density at radius 1 is 0.880 bits per heavy atom. The van der Waals surface area contributed by atoms with Crippen LogP contribution in [0.3, 0.4) is 0 Å². The number of rotatable bonds is 3. The molecule has 1 aromatic heterocycles. The summed E-state index contributed by atoms with van der Waals surface area (Å²) in [6.07, 6.45) is -9.69. The summed E-state index contributed by atoms with van der Waals surface area (Å²) in [6, 6.07) is 8.67. The van der Waals surface area contributed by atoms with Crippen LogP contribution in [0.2, 0.25) is 0 Å². The lowest BCUT2D eigenvalue weighted by molar-refractivity contribution is -0.143. The normalized spacial score (nSPS) is 12.7. The molecular formula is C16H10F6N2S. The number of imidazole rings is 1. The molecule has 25 heavy (non-hydrogen) atoms. The highest BCUT2D eigenvalue weighted by molar-refractivity contribution is 7.98. The highest BCUT2D eigenvalue weighted by Crippen LogP contribution is 2.37. The van der Waals surface area contributed by atoms with E-state index in [0.29, 0.717) is 10.7 Å². The van der Waals surface area contributed by atoms with Crippen LogP contribution in [-0.2, 0) is 18.1 Å². The Kier molecular flexibility index (Phi) is 4.44. The molecule has 0 aliphatic heterocycles. The lowest BCUT2D eigenvalue weighted by Gasteiger charge is -2.13. The van der Waals surface area contributed by atoms with Gasteiger partial charge in [-0.15, -0.1) is 0 Å². The Morgan fingerprint density at radius 2 is 1.48 bits per heavy atom. The van der Waals surface area contributed by atoms with E-state index in [2.05, 4.69) is 9.97 Å². The third-order valence-electron chi connectivity index (χ3n) is 3.39. The zero-order chi connectivity index (χ0) is 18.2. The molecule has 0 amide bonds. The zero-order valence-electron chi connectivity index (χ0n) is 12.4. The third-order valence-corrected chi connectivity index (χ3v) is 4.34. The summed E-state index contributed by atoms with van der Waals surface area (Å²) >= 11 is 1.04. The molecule has 0 radical (unpaired) electrons. The molecule has 0 saturated carbocycles. The van der Waals surface area contributed by atoms with E-state index in [1.807, 2.05) is 0 Å². The van der Waals surface area contributed by atoms with E-state index in [0.717, 1.165) is 29.4 Å². The fourth-order valence-corrected chi connectivity index (χ4v) is 3.07. The summed E-state index contributed by atoms with van der Waals surface area (Å²) in [5, 5.41) is 0.423. The van der Waals surface area contributed by atoms with Crippen LogP contribution in [0.25, 0.3) is 11.0 Å². The van der Waals surface area contributed by atoms with Gasteiger partial charge in [0.15, 0.2) is 5.16 Å². The molecule has 1 N–H and O–H groups in total. The number of hydrogen-bond acceptors (Lipinski definition) is 2. The topological polar surface area (TPSA) is 28.7 Å². The number of nitrogens with zero attached hydrogens (tertiary/aromatic N) is 1. The summed E-state index contributed by atoms with van der Waals surface area (Å²) in [6.45, 7) is 0. The van der Waals surface area contributed by atoms with Crippen LogP contribution < -0.4 is 0 Å². The predicted octanol–water partition coefficient (Wildman–Crippen LogP) is 5.89. The number of hydrogen-bond donors (Lipinski definition) is 1. The quantitative estimate of drug-likeness (QED) is 0.456. The Morgan fingerprint density at radius 3 is 2.04 bits per heavy atom. The minimum absolute atomic E-state index is 0.0763. The van der Waals surface area contributed by atoms with E-state index in [9.17, 15) is 26.3 Å². The molecule has 2 aromatic carbocycles. The highest BCUT2D eigenvalue weighted by atomic mass is 32.2. The largest absolute Gasteiger partial charge is 0.416 e. The monoisotopic (exact) mass is 376 g/mol. The fraction of sp³-hybridized carbons (Fsp3) is 0.188. The van der Waals surface area contributed by atoms with E-state index >= 15 is 0 Å². The second-order valence-electron chi connectivity index (χ2n) is 5.26. The molecule has 2 nitrogen and oxygen atoms in total. The van der Waals surface area contributed by atoms with Crippen LogP contribution in [0.5, 0.6) is 0 Å². The van der Waals surface area contributed by atoms with Crippen LogP contribution >= 0.6 is 11.8 Å². The molecule has 0 atom stereocenters. The highest BCUT2D eigenvalue weighted by Gasteiger charge is 2.36. The van der Waals surface area contributed by atoms with Crippen molar-refractivity contribution in [2.75, 3.05) is 0 Å². The van der Waals surface area contributed by atoms with Crippen molar-refractivity contribution < 1.29 is 26.3 Å². The van der Waals surface area contributed by atoms with Gasteiger partial charge in [0.05, 0.1) is 22.2 Å². The Balaban J connectivity index is 1.88. The van der Waals surface area contributed by atoms with E-state index in [-0.39, 0.29) is 17.4 Å². The van der Waals surface area contributed by atoms with Crippen molar-refractivity contribution in [3.05, 3.63) is 59.2 Å². The first-order chi connectivity index (χ1) is 11.6. The van der Waals surface area contributed by atoms with Gasteiger partial charge in [-0.25, -0.2) is 4.98 Å². The van der Waals surface area contributed by atoms with Crippen molar-refractivity contribution in [2.24, 2.45) is 0 Å². The number of nitrogens with one attached hydrogen (secondary N) is 1. The van der Waals surface area contributed by atoms with Crippen LogP contribution in [0.15, 0.2) is 47.6 Å². The molecule has 0 aliphatic carbocycles. The van der Waals surface area contributed by atoms with Gasteiger partial charge in [0.25, 0.3) is 0 Å². The summed E-state index contributed by atoms with van der Waals surface area (Å²) in [5.41, 5.74) is -1.30. The van der Waals surface area contributed by atoms with Crippen LogP contribution in [0.1, 0.15) is 16.7 Å². The molecular weight excluding hydrogens is 366 g/mol. The third kappa shape index (κ3) is 4.09. The molecule has 0 bridgehead atoms. The number of H-pyrrole nitrogens is 1. The summed E-state index contributed by atoms with van der Waals surface area (Å²) in [7, 11) is 0. The first-order valence-corrected chi connectivity index (χ1v) is 7.97. The SMILES string of the molecule is FC(F)(F)c1cc(CSc2nc3ccccc3[nH]2)cc(C(F)(F)F)c1. The number of aromatic nitrogens is 2. The van der Waals surface area contributed by atoms with Gasteiger partial charge in [-0.2, -0.15) is 26.3 Å². The summed E-state index contributed by atoms with van der Waals surface area (Å²) in [4.78, 5) is 7.20. The number of aromatic amines is 1. The lowest BCUT2D eigenvalue weighted by atomic mass is 10.1. The molecule has 1 heterocycles. The van der Waals surface area contributed by atoms with Crippen molar-refractivity contribution in [3.63, 3.8) is 0 Å². The van der Waals surface area contributed by atoms with E-state index in [1.54, 1.807) is 24.3 Å². The maximum absolute atomic E-state index is 12.8. The van der Waals surface area contributed by atoms with E-state index in [4.69, 9.17) is 0 Å². The Hall–Kier alpha value is -2.16. The molecule has 9 heteroatoms. The average molecular weight is 376 g/mol. The molecule has 0 aliphatic rings. The number of halogens is 6. The minimum atomic E-state index is -4.85. The van der Waals surface area contributed by atoms with Gasteiger partial charge < -0.3 is 4.98 Å². The van der Waals surface area contributed by atoms with Gasteiger partial charge in [-0.05, 0) is 35.9 Å². The molecule has 0 fully saturated rings. The van der Waals surface area contributed by atoms with Crippen molar-refractivity contribution in [3.8, 4) is 0 Å².